The zero-order valence-corrected chi connectivity index (χ0v) is 26.9. The van der Waals surface area contributed by atoms with Gasteiger partial charge in [0.25, 0.3) is 5.91 Å². The van der Waals surface area contributed by atoms with Crippen LogP contribution in [0.2, 0.25) is 0 Å². The molecule has 2 N–H and O–H groups in total. The molecule has 4 aromatic carbocycles. The van der Waals surface area contributed by atoms with E-state index in [1.165, 1.54) is 22.3 Å². The number of carbonyl (C=O) groups excluding carboxylic acids is 2. The molecular formula is C40H40N2O6. The molecule has 8 heteroatoms. The van der Waals surface area contributed by atoms with E-state index < -0.39 is 6.04 Å². The van der Waals surface area contributed by atoms with Gasteiger partial charge in [-0.2, -0.15) is 0 Å². The third kappa shape index (κ3) is 6.66. The van der Waals surface area contributed by atoms with Crippen LogP contribution in [0.3, 0.4) is 0 Å². The van der Waals surface area contributed by atoms with Crippen molar-refractivity contribution in [3.05, 3.63) is 137 Å². The Bertz CT molecular complexity index is 1800. The van der Waals surface area contributed by atoms with Gasteiger partial charge in [0.05, 0.1) is 13.2 Å². The lowest BCUT2D eigenvalue weighted by Gasteiger charge is -2.34. The molecule has 8 nitrogen and oxygen atoms in total. The van der Waals surface area contributed by atoms with Crippen molar-refractivity contribution >= 4 is 11.8 Å². The molecule has 0 bridgehead atoms. The number of hydrogen-bond donors (Lipinski definition) is 2. The van der Waals surface area contributed by atoms with Crippen molar-refractivity contribution in [2.75, 3.05) is 26.4 Å². The summed E-state index contributed by atoms with van der Waals surface area (Å²) in [5.41, 5.74) is 7.21. The molecule has 3 aliphatic rings. The largest absolute Gasteiger partial charge is 0.508 e. The second-order valence-corrected chi connectivity index (χ2v) is 12.7. The van der Waals surface area contributed by atoms with Crippen molar-refractivity contribution in [1.82, 2.24) is 10.2 Å². The number of fused-ring (bicyclic) bond motifs is 2. The summed E-state index contributed by atoms with van der Waals surface area (Å²) in [6.45, 7) is 5.80. The predicted octanol–water partition coefficient (Wildman–Crippen LogP) is 6.48. The second-order valence-electron chi connectivity index (χ2n) is 12.7. The van der Waals surface area contributed by atoms with Crippen molar-refractivity contribution in [3.63, 3.8) is 0 Å². The fraction of sp³-hybridized carbons (Fsp3) is 0.300. The summed E-state index contributed by atoms with van der Waals surface area (Å²) >= 11 is 0. The highest BCUT2D eigenvalue weighted by Gasteiger charge is 2.38. The predicted molar refractivity (Wildman–Crippen MR) is 182 cm³/mol. The number of nitrogens with one attached hydrogen (secondary N) is 1. The summed E-state index contributed by atoms with van der Waals surface area (Å²) < 4.78 is 17.6. The number of rotatable bonds is 11. The number of ether oxygens (including phenoxy) is 3. The van der Waals surface area contributed by atoms with Crippen LogP contribution < -0.4 is 14.8 Å². The Morgan fingerprint density at radius 2 is 1.52 bits per heavy atom. The van der Waals surface area contributed by atoms with Crippen LogP contribution in [0.15, 0.2) is 103 Å². The Balaban J connectivity index is 0.878. The average molecular weight is 645 g/mol. The average Bonchev–Trinajstić information content (AvgIpc) is 3.42. The highest BCUT2D eigenvalue weighted by molar-refractivity contribution is 6.01. The van der Waals surface area contributed by atoms with Crippen LogP contribution in [0.5, 0.6) is 17.2 Å². The molecule has 0 saturated carbocycles. The molecule has 7 rings (SSSR count). The van der Waals surface area contributed by atoms with Gasteiger partial charge in [0.2, 0.25) is 5.91 Å². The van der Waals surface area contributed by atoms with E-state index in [2.05, 4.69) is 60.4 Å². The van der Waals surface area contributed by atoms with Crippen LogP contribution in [0, 0.1) is 0 Å². The third-order valence-corrected chi connectivity index (χ3v) is 9.66. The first-order valence-electron chi connectivity index (χ1n) is 16.7. The summed E-state index contributed by atoms with van der Waals surface area (Å²) in [6.07, 6.45) is 3.21. The molecule has 1 saturated heterocycles. The van der Waals surface area contributed by atoms with E-state index in [4.69, 9.17) is 14.2 Å². The van der Waals surface area contributed by atoms with Crippen LogP contribution >= 0.6 is 0 Å². The maximum atomic E-state index is 13.0. The number of amides is 2. The molecule has 0 unspecified atom stereocenters. The number of piperidine rings is 1. The number of allylic oxidation sites excluding steroid dienone is 1. The summed E-state index contributed by atoms with van der Waals surface area (Å²) in [6, 6.07) is 29.8. The summed E-state index contributed by atoms with van der Waals surface area (Å²) in [4.78, 5) is 27.0. The first-order chi connectivity index (χ1) is 23.4. The van der Waals surface area contributed by atoms with E-state index in [9.17, 15) is 14.7 Å². The molecule has 3 atom stereocenters. The van der Waals surface area contributed by atoms with E-state index in [0.717, 1.165) is 24.2 Å². The van der Waals surface area contributed by atoms with Gasteiger partial charge in [0.15, 0.2) is 0 Å². The Hall–Kier alpha value is -5.08. The molecule has 0 spiro atoms. The van der Waals surface area contributed by atoms with Crippen molar-refractivity contribution in [3.8, 4) is 17.2 Å². The summed E-state index contributed by atoms with van der Waals surface area (Å²) in [5, 5.41) is 12.9. The van der Waals surface area contributed by atoms with Crippen LogP contribution in [-0.4, -0.2) is 54.3 Å². The molecule has 1 fully saturated rings. The molecule has 2 aliphatic heterocycles. The van der Waals surface area contributed by atoms with Gasteiger partial charge in [0, 0.05) is 23.7 Å². The van der Waals surface area contributed by atoms with E-state index in [1.807, 2.05) is 24.3 Å². The Kier molecular flexibility index (Phi) is 9.16. The molecule has 2 heterocycles. The first kappa shape index (κ1) is 31.5. The standard InChI is InChI=1S/C40H40N2O6/c1-26-7-18-37(39(44)41-26)42-25-30-24-33(14-17-36(30)40(42)45)48-22-20-46-19-21-47-32-12-8-28(9-13-32)38-34(27-5-3-2-4-6-27)15-10-29-23-31(43)11-16-35(29)38/h2-6,8-9,11-14,16-17,23-24,34,37-38,43H,1,7,10,15,18-22,25H2,(H,41,44)/t34-,37-,38+/m0/s1. The Morgan fingerprint density at radius 1 is 0.771 bits per heavy atom. The minimum atomic E-state index is -0.481. The van der Waals surface area contributed by atoms with Crippen molar-refractivity contribution in [2.24, 2.45) is 0 Å². The van der Waals surface area contributed by atoms with E-state index in [1.54, 1.807) is 23.1 Å². The van der Waals surface area contributed by atoms with Gasteiger partial charge in [0.1, 0.15) is 36.5 Å². The number of carbonyl (C=O) groups is 2. The quantitative estimate of drug-likeness (QED) is 0.182. The lowest BCUT2D eigenvalue weighted by atomic mass is 9.69. The van der Waals surface area contributed by atoms with E-state index in [0.29, 0.717) is 74.5 Å². The fourth-order valence-electron chi connectivity index (χ4n) is 7.31. The molecule has 4 aromatic rings. The molecular weight excluding hydrogens is 604 g/mol. The lowest BCUT2D eigenvalue weighted by Crippen LogP contribution is -2.49. The van der Waals surface area contributed by atoms with Crippen molar-refractivity contribution < 1.29 is 28.9 Å². The summed E-state index contributed by atoms with van der Waals surface area (Å²) in [5.74, 6) is 2.01. The fourth-order valence-corrected chi connectivity index (χ4v) is 7.31. The molecule has 1 aliphatic carbocycles. The number of benzene rings is 4. The highest BCUT2D eigenvalue weighted by atomic mass is 16.5. The van der Waals surface area contributed by atoms with E-state index >= 15 is 0 Å². The van der Waals surface area contributed by atoms with E-state index in [-0.39, 0.29) is 17.7 Å². The lowest BCUT2D eigenvalue weighted by molar-refractivity contribution is -0.126. The SMILES string of the molecule is C=C1CC[C@H](N2Cc3cc(OCCOCCOc4ccc([C@H]5c6ccc(O)cc6CC[C@H]5c5ccccc5)cc4)ccc3C2=O)C(=O)N1. The van der Waals surface area contributed by atoms with Gasteiger partial charge in [-0.1, -0.05) is 55.1 Å². The van der Waals surface area contributed by atoms with Gasteiger partial charge >= 0.3 is 0 Å². The van der Waals surface area contributed by atoms with Crippen LogP contribution in [0.4, 0.5) is 0 Å². The van der Waals surface area contributed by atoms with Crippen molar-refractivity contribution in [1.29, 1.82) is 0 Å². The highest BCUT2D eigenvalue weighted by Crippen LogP contribution is 2.47. The second kappa shape index (κ2) is 14.0. The first-order valence-corrected chi connectivity index (χ1v) is 16.7. The number of hydrogen-bond acceptors (Lipinski definition) is 6. The minimum Gasteiger partial charge on any atom is -0.508 e. The molecule has 246 valence electrons. The number of aryl methyl sites for hydroxylation is 1. The Labute approximate surface area is 281 Å². The maximum Gasteiger partial charge on any atom is 0.255 e. The number of nitrogens with zero attached hydrogens (tertiary/aromatic N) is 1. The van der Waals surface area contributed by atoms with Crippen molar-refractivity contribution in [2.45, 2.75) is 50.1 Å². The molecule has 0 radical (unpaired) electrons. The third-order valence-electron chi connectivity index (χ3n) is 9.66. The van der Waals surface area contributed by atoms with Gasteiger partial charge in [-0.15, -0.1) is 0 Å². The zero-order chi connectivity index (χ0) is 33.0. The Morgan fingerprint density at radius 3 is 2.29 bits per heavy atom. The van der Waals surface area contributed by atoms with Gasteiger partial charge in [-0.05, 0) is 102 Å². The zero-order valence-electron chi connectivity index (χ0n) is 26.9. The maximum absolute atomic E-state index is 13.0. The normalized spacial score (nSPS) is 20.2. The van der Waals surface area contributed by atoms with Crippen LogP contribution in [-0.2, 0) is 22.5 Å². The molecule has 48 heavy (non-hydrogen) atoms. The molecule has 0 aromatic heterocycles. The van der Waals surface area contributed by atoms with Crippen LogP contribution in [0.1, 0.15) is 69.3 Å². The summed E-state index contributed by atoms with van der Waals surface area (Å²) in [7, 11) is 0. The van der Waals surface area contributed by atoms with Gasteiger partial charge < -0.3 is 29.5 Å². The smallest absolute Gasteiger partial charge is 0.255 e. The number of phenolic OH excluding ortho intramolecular Hbond substituents is 1. The number of aromatic hydroxyl groups is 1. The number of phenols is 1. The van der Waals surface area contributed by atoms with Gasteiger partial charge in [-0.25, -0.2) is 0 Å². The van der Waals surface area contributed by atoms with Crippen LogP contribution in [0.25, 0.3) is 0 Å². The topological polar surface area (TPSA) is 97.3 Å². The minimum absolute atomic E-state index is 0.126. The molecule has 2 amide bonds. The monoisotopic (exact) mass is 644 g/mol. The van der Waals surface area contributed by atoms with Gasteiger partial charge in [-0.3, -0.25) is 9.59 Å².